The van der Waals surface area contributed by atoms with Gasteiger partial charge in [-0.2, -0.15) is 0 Å². The topological polar surface area (TPSA) is 71.2 Å². The second-order valence-electron chi connectivity index (χ2n) is 7.91. The fraction of sp³-hybridized carbons (Fsp3) is 0.318. The summed E-state index contributed by atoms with van der Waals surface area (Å²) in [4.78, 5) is 23.7. The van der Waals surface area contributed by atoms with E-state index < -0.39 is 6.10 Å². The lowest BCUT2D eigenvalue weighted by molar-refractivity contribution is 0.168. The molecule has 1 aliphatic rings. The molecule has 7 heteroatoms. The van der Waals surface area contributed by atoms with E-state index in [1.807, 2.05) is 41.3 Å². The maximum absolute atomic E-state index is 12.8. The highest BCUT2D eigenvalue weighted by Crippen LogP contribution is 2.33. The lowest BCUT2D eigenvalue weighted by Gasteiger charge is -2.45. The summed E-state index contributed by atoms with van der Waals surface area (Å²) in [5.74, 6) is 0.592. The van der Waals surface area contributed by atoms with Gasteiger partial charge in [-0.05, 0) is 50.1 Å². The van der Waals surface area contributed by atoms with Gasteiger partial charge in [-0.1, -0.05) is 28.1 Å². The number of β-amino-alcohol motifs (C(OH)–C–C–N with tert-alkyl or cyclic N) is 1. The van der Waals surface area contributed by atoms with Crippen LogP contribution in [0.1, 0.15) is 31.9 Å². The number of halogens is 1. The van der Waals surface area contributed by atoms with Gasteiger partial charge in [0.2, 0.25) is 5.95 Å². The monoisotopic (exact) mass is 454 g/mol. The molecule has 4 rings (SSSR count). The molecule has 3 heterocycles. The molecular formula is C22H23BrN4O2. The normalized spacial score (nSPS) is 16.3. The zero-order valence-electron chi connectivity index (χ0n) is 16.4. The van der Waals surface area contributed by atoms with Crippen LogP contribution in [0.4, 0.5) is 5.95 Å². The van der Waals surface area contributed by atoms with Crippen LogP contribution in [0, 0.1) is 0 Å². The van der Waals surface area contributed by atoms with Crippen molar-refractivity contribution in [3.63, 3.8) is 0 Å². The van der Waals surface area contributed by atoms with Crippen LogP contribution in [0.2, 0.25) is 0 Å². The van der Waals surface area contributed by atoms with Crippen molar-refractivity contribution in [2.24, 2.45) is 0 Å². The Bertz CT molecular complexity index is 1080. The van der Waals surface area contributed by atoms with Crippen molar-refractivity contribution in [3.05, 3.63) is 75.2 Å². The SMILES string of the molecule is CC1(C)CCn2c(nc(-c3ccncc3)cc2=O)N1C[C@H](O)c1cccc(Br)c1. The minimum Gasteiger partial charge on any atom is -0.387 e. The van der Waals surface area contributed by atoms with Gasteiger partial charge in [0.15, 0.2) is 0 Å². The highest BCUT2D eigenvalue weighted by atomic mass is 79.9. The highest BCUT2D eigenvalue weighted by molar-refractivity contribution is 9.10. The van der Waals surface area contributed by atoms with Gasteiger partial charge < -0.3 is 10.0 Å². The van der Waals surface area contributed by atoms with Gasteiger partial charge in [-0.15, -0.1) is 0 Å². The fourth-order valence-corrected chi connectivity index (χ4v) is 4.11. The van der Waals surface area contributed by atoms with Crippen LogP contribution in [-0.2, 0) is 6.54 Å². The third-order valence-corrected chi connectivity index (χ3v) is 5.97. The van der Waals surface area contributed by atoms with Gasteiger partial charge in [-0.3, -0.25) is 14.3 Å². The Kier molecular flexibility index (Phi) is 5.27. The van der Waals surface area contributed by atoms with Crippen molar-refractivity contribution in [2.75, 3.05) is 11.4 Å². The molecular weight excluding hydrogens is 432 g/mol. The number of benzene rings is 1. The van der Waals surface area contributed by atoms with E-state index in [0.717, 1.165) is 22.0 Å². The predicted octanol–water partition coefficient (Wildman–Crippen LogP) is 3.79. The molecule has 0 spiro atoms. The van der Waals surface area contributed by atoms with E-state index in [1.165, 1.54) is 0 Å². The van der Waals surface area contributed by atoms with E-state index in [1.54, 1.807) is 23.0 Å². The third-order valence-electron chi connectivity index (χ3n) is 5.47. The van der Waals surface area contributed by atoms with Crippen LogP contribution in [0.15, 0.2) is 64.1 Å². The Labute approximate surface area is 178 Å². The number of fused-ring (bicyclic) bond motifs is 1. The van der Waals surface area contributed by atoms with Gasteiger partial charge >= 0.3 is 0 Å². The lowest BCUT2D eigenvalue weighted by atomic mass is 9.95. The van der Waals surface area contributed by atoms with Crippen LogP contribution in [0.5, 0.6) is 0 Å². The van der Waals surface area contributed by atoms with Crippen LogP contribution in [-0.4, -0.2) is 31.7 Å². The van der Waals surface area contributed by atoms with E-state index >= 15 is 0 Å². The van der Waals surface area contributed by atoms with E-state index in [9.17, 15) is 9.90 Å². The molecule has 3 aromatic rings. The van der Waals surface area contributed by atoms with Crippen LogP contribution in [0.3, 0.4) is 0 Å². The van der Waals surface area contributed by atoms with E-state index in [4.69, 9.17) is 4.98 Å². The second-order valence-corrected chi connectivity index (χ2v) is 8.83. The quantitative estimate of drug-likeness (QED) is 0.648. The Hall–Kier alpha value is -2.51. The molecule has 0 amide bonds. The number of hydrogen-bond acceptors (Lipinski definition) is 5. The largest absolute Gasteiger partial charge is 0.387 e. The Morgan fingerprint density at radius 3 is 2.69 bits per heavy atom. The van der Waals surface area contributed by atoms with Crippen molar-refractivity contribution >= 4 is 21.9 Å². The molecule has 6 nitrogen and oxygen atoms in total. The molecule has 0 saturated heterocycles. The molecule has 0 fully saturated rings. The highest BCUT2D eigenvalue weighted by Gasteiger charge is 2.36. The average molecular weight is 455 g/mol. The number of aliphatic hydroxyl groups excluding tert-OH is 1. The molecule has 0 bridgehead atoms. The number of nitrogens with zero attached hydrogens (tertiary/aromatic N) is 4. The molecule has 150 valence electrons. The summed E-state index contributed by atoms with van der Waals surface area (Å²) in [6.45, 7) is 5.19. The van der Waals surface area contributed by atoms with E-state index in [2.05, 4.69) is 34.8 Å². The van der Waals surface area contributed by atoms with Gasteiger partial charge in [0.05, 0.1) is 18.3 Å². The van der Waals surface area contributed by atoms with Crippen molar-refractivity contribution in [2.45, 2.75) is 38.5 Å². The molecule has 1 aliphatic heterocycles. The van der Waals surface area contributed by atoms with Gasteiger partial charge in [0.1, 0.15) is 0 Å². The first-order valence-corrected chi connectivity index (χ1v) is 10.4. The number of aliphatic hydroxyl groups is 1. The zero-order chi connectivity index (χ0) is 20.6. The first-order chi connectivity index (χ1) is 13.8. The molecule has 0 aliphatic carbocycles. The predicted molar refractivity (Wildman–Crippen MR) is 117 cm³/mol. The smallest absolute Gasteiger partial charge is 0.255 e. The summed E-state index contributed by atoms with van der Waals surface area (Å²) in [5.41, 5.74) is 1.95. The molecule has 0 radical (unpaired) electrons. The minimum atomic E-state index is -0.709. The number of anilines is 1. The number of rotatable bonds is 4. The Morgan fingerprint density at radius 2 is 1.97 bits per heavy atom. The van der Waals surface area contributed by atoms with Gasteiger partial charge in [-0.25, -0.2) is 4.98 Å². The lowest BCUT2D eigenvalue weighted by Crippen LogP contribution is -2.53. The maximum Gasteiger partial charge on any atom is 0.255 e. The van der Waals surface area contributed by atoms with Gasteiger partial charge in [0.25, 0.3) is 5.56 Å². The van der Waals surface area contributed by atoms with Crippen LogP contribution >= 0.6 is 15.9 Å². The summed E-state index contributed by atoms with van der Waals surface area (Å²) >= 11 is 3.46. The summed E-state index contributed by atoms with van der Waals surface area (Å²) < 4.78 is 2.62. The molecule has 1 aromatic carbocycles. The van der Waals surface area contributed by atoms with Gasteiger partial charge in [0, 0.05) is 40.6 Å². The van der Waals surface area contributed by atoms with Crippen molar-refractivity contribution in [1.82, 2.24) is 14.5 Å². The van der Waals surface area contributed by atoms with Crippen LogP contribution < -0.4 is 10.5 Å². The minimum absolute atomic E-state index is 0.0840. The van der Waals surface area contributed by atoms with Crippen LogP contribution in [0.25, 0.3) is 11.3 Å². The van der Waals surface area contributed by atoms with Crippen molar-refractivity contribution in [1.29, 1.82) is 0 Å². The summed E-state index contributed by atoms with van der Waals surface area (Å²) in [5, 5.41) is 10.9. The Balaban J connectivity index is 1.76. The molecule has 2 aromatic heterocycles. The summed E-state index contributed by atoms with van der Waals surface area (Å²) in [7, 11) is 0. The second kappa shape index (κ2) is 7.72. The summed E-state index contributed by atoms with van der Waals surface area (Å²) in [6.07, 6.45) is 3.46. The molecule has 1 atom stereocenters. The maximum atomic E-state index is 12.8. The third kappa shape index (κ3) is 3.97. The first kappa shape index (κ1) is 19.8. The molecule has 0 unspecified atom stereocenters. The van der Waals surface area contributed by atoms with E-state index in [0.29, 0.717) is 24.7 Å². The number of pyridine rings is 1. The standard InChI is InChI=1S/C22H23BrN4O2/c1-22(2)8-11-26-20(29)13-18(15-6-9-24-10-7-15)25-21(26)27(22)14-19(28)16-4-3-5-17(23)12-16/h3-7,9-10,12-13,19,28H,8,11,14H2,1-2H3/t19-/m0/s1. The molecule has 0 saturated carbocycles. The zero-order valence-corrected chi connectivity index (χ0v) is 18.0. The summed E-state index contributed by atoms with van der Waals surface area (Å²) in [6, 6.07) is 12.9. The average Bonchev–Trinajstić information content (AvgIpc) is 2.70. The molecule has 29 heavy (non-hydrogen) atoms. The molecule has 1 N–H and O–H groups in total. The Morgan fingerprint density at radius 1 is 1.21 bits per heavy atom. The van der Waals surface area contributed by atoms with Crippen molar-refractivity contribution < 1.29 is 5.11 Å². The van der Waals surface area contributed by atoms with E-state index in [-0.39, 0.29) is 11.1 Å². The number of hydrogen-bond donors (Lipinski definition) is 1. The number of aromatic nitrogens is 3. The van der Waals surface area contributed by atoms with Crippen molar-refractivity contribution in [3.8, 4) is 11.3 Å². The fourth-order valence-electron chi connectivity index (χ4n) is 3.69. The first-order valence-electron chi connectivity index (χ1n) is 9.59.